The van der Waals surface area contributed by atoms with Crippen LogP contribution in [0.25, 0.3) is 0 Å². The second kappa shape index (κ2) is 44.8. The van der Waals surface area contributed by atoms with Gasteiger partial charge in [-0.3, -0.25) is 4.79 Å². The molecule has 0 bridgehead atoms. The van der Waals surface area contributed by atoms with Gasteiger partial charge in [0.2, 0.25) is 5.91 Å². The molecule has 0 aliphatic carbocycles. The monoisotopic (exact) mass is 1040 g/mol. The van der Waals surface area contributed by atoms with E-state index in [9.17, 15) is 45.6 Å². The van der Waals surface area contributed by atoms with Crippen molar-refractivity contribution < 1.29 is 64.6 Å². The highest BCUT2D eigenvalue weighted by Gasteiger charge is 2.51. The lowest BCUT2D eigenvalue weighted by atomic mass is 9.97. The average Bonchev–Trinajstić information content (AvgIpc) is 3.39. The van der Waals surface area contributed by atoms with E-state index in [2.05, 4.69) is 67.8 Å². The van der Waals surface area contributed by atoms with Gasteiger partial charge < -0.3 is 65.1 Å². The molecule has 0 saturated carbocycles. The van der Waals surface area contributed by atoms with E-state index in [0.29, 0.717) is 6.42 Å². The zero-order valence-electron chi connectivity index (χ0n) is 45.4. The number of hydrogen-bond acceptors (Lipinski definition) is 13. The van der Waals surface area contributed by atoms with E-state index >= 15 is 0 Å². The van der Waals surface area contributed by atoms with Crippen LogP contribution in [0.5, 0.6) is 0 Å². The number of nitrogens with one attached hydrogen (secondary N) is 1. The van der Waals surface area contributed by atoms with E-state index < -0.39 is 86.8 Å². The minimum atomic E-state index is -1.79. The minimum Gasteiger partial charge on any atom is -0.394 e. The molecule has 0 spiro atoms. The molecule has 12 unspecified atom stereocenters. The lowest BCUT2D eigenvalue weighted by Gasteiger charge is -2.46. The van der Waals surface area contributed by atoms with Gasteiger partial charge in [0.1, 0.15) is 48.8 Å². The smallest absolute Gasteiger partial charge is 0.220 e. The van der Waals surface area contributed by atoms with E-state index in [4.69, 9.17) is 18.9 Å². The zero-order valence-corrected chi connectivity index (χ0v) is 45.4. The van der Waals surface area contributed by atoms with Crippen LogP contribution >= 0.6 is 0 Å². The molecule has 424 valence electrons. The van der Waals surface area contributed by atoms with Gasteiger partial charge in [-0.1, -0.05) is 209 Å². The molecule has 12 atom stereocenters. The Morgan fingerprint density at radius 1 is 0.507 bits per heavy atom. The summed E-state index contributed by atoms with van der Waals surface area (Å²) in [4.78, 5) is 13.2. The third kappa shape index (κ3) is 30.9. The van der Waals surface area contributed by atoms with Crippen molar-refractivity contribution in [1.29, 1.82) is 0 Å². The van der Waals surface area contributed by atoms with Crippen LogP contribution in [0.3, 0.4) is 0 Å². The Labute approximate surface area is 441 Å². The largest absolute Gasteiger partial charge is 0.394 e. The number of ether oxygens (including phenoxy) is 4. The molecule has 0 aromatic rings. The van der Waals surface area contributed by atoms with Gasteiger partial charge in [-0.05, 0) is 57.8 Å². The molecule has 14 nitrogen and oxygen atoms in total. The van der Waals surface area contributed by atoms with Gasteiger partial charge in [0.15, 0.2) is 12.6 Å². The molecular formula is C59H105NO13. The summed E-state index contributed by atoms with van der Waals surface area (Å²) >= 11 is 0. The summed E-state index contributed by atoms with van der Waals surface area (Å²) < 4.78 is 22.7. The van der Waals surface area contributed by atoms with E-state index in [1.54, 1.807) is 6.08 Å². The fourth-order valence-corrected chi connectivity index (χ4v) is 9.28. The predicted molar refractivity (Wildman–Crippen MR) is 290 cm³/mol. The molecule has 0 aromatic heterocycles. The van der Waals surface area contributed by atoms with Crippen LogP contribution in [-0.2, 0) is 23.7 Å². The standard InChI is InChI=1S/C59H105NO13/c1-3-5-7-9-11-13-15-16-17-18-19-20-21-22-23-24-25-26-27-28-29-30-31-32-33-35-37-39-41-43-51(64)60-47(48(63)42-40-38-36-34-14-12-10-8-6-4-2)46-70-58-56(69)54(67)57(50(45-62)72-58)73-59-55(68)53(66)52(65)49(44-61)71-59/h5,7,11,13,16-17,19-20,40,42,47-50,52-59,61-63,65-69H,3-4,6,8-10,12,14-15,18,21-39,41,43-46H2,1-2H3,(H,60,64)/b7-5-,13-11-,17-16-,20-19-,42-40+. The second-order valence-electron chi connectivity index (χ2n) is 20.4. The number of aliphatic hydroxyl groups excluding tert-OH is 8. The lowest BCUT2D eigenvalue weighted by molar-refractivity contribution is -0.359. The number of rotatable bonds is 45. The first-order valence-electron chi connectivity index (χ1n) is 29.0. The van der Waals surface area contributed by atoms with Gasteiger partial charge in [-0.2, -0.15) is 0 Å². The van der Waals surface area contributed by atoms with Crippen molar-refractivity contribution in [2.24, 2.45) is 0 Å². The molecule has 2 aliphatic heterocycles. The van der Waals surface area contributed by atoms with Crippen molar-refractivity contribution in [3.05, 3.63) is 60.8 Å². The maximum absolute atomic E-state index is 13.2. The van der Waals surface area contributed by atoms with Crippen molar-refractivity contribution in [1.82, 2.24) is 5.32 Å². The highest BCUT2D eigenvalue weighted by molar-refractivity contribution is 5.76. The van der Waals surface area contributed by atoms with Crippen molar-refractivity contribution in [3.8, 4) is 0 Å². The number of carbonyl (C=O) groups excluding carboxylic acids is 1. The first kappa shape index (κ1) is 66.8. The molecule has 2 heterocycles. The van der Waals surface area contributed by atoms with Gasteiger partial charge in [0, 0.05) is 6.42 Å². The van der Waals surface area contributed by atoms with Crippen LogP contribution in [0.15, 0.2) is 60.8 Å². The Kier molecular flexibility index (Phi) is 41.0. The van der Waals surface area contributed by atoms with Crippen molar-refractivity contribution in [3.63, 3.8) is 0 Å². The van der Waals surface area contributed by atoms with E-state index in [1.807, 2.05) is 6.08 Å². The number of aliphatic hydroxyl groups is 8. The van der Waals surface area contributed by atoms with Crippen molar-refractivity contribution in [2.45, 2.75) is 286 Å². The first-order chi connectivity index (χ1) is 35.6. The Morgan fingerprint density at radius 2 is 0.945 bits per heavy atom. The molecule has 2 aliphatic rings. The fourth-order valence-electron chi connectivity index (χ4n) is 9.28. The first-order valence-corrected chi connectivity index (χ1v) is 29.0. The Hall–Kier alpha value is -2.31. The van der Waals surface area contributed by atoms with E-state index in [-0.39, 0.29) is 18.9 Å². The predicted octanol–water partition coefficient (Wildman–Crippen LogP) is 9.39. The summed E-state index contributed by atoms with van der Waals surface area (Å²) in [6.07, 6.45) is 40.0. The van der Waals surface area contributed by atoms with Crippen LogP contribution in [0.4, 0.5) is 0 Å². The number of unbranched alkanes of at least 4 members (excludes halogenated alkanes) is 24. The maximum atomic E-state index is 13.2. The highest BCUT2D eigenvalue weighted by Crippen LogP contribution is 2.30. The molecule has 9 N–H and O–H groups in total. The van der Waals surface area contributed by atoms with Crippen LogP contribution in [0.2, 0.25) is 0 Å². The molecule has 73 heavy (non-hydrogen) atoms. The number of hydrogen-bond donors (Lipinski definition) is 9. The number of amides is 1. The summed E-state index contributed by atoms with van der Waals surface area (Å²) in [6.45, 7) is 2.65. The summed E-state index contributed by atoms with van der Waals surface area (Å²) in [5.74, 6) is -0.242. The van der Waals surface area contributed by atoms with E-state index in [1.165, 1.54) is 122 Å². The third-order valence-electron chi connectivity index (χ3n) is 14.0. The van der Waals surface area contributed by atoms with Gasteiger partial charge in [0.05, 0.1) is 32.0 Å². The fraction of sp³-hybridized carbons (Fsp3) is 0.814. The van der Waals surface area contributed by atoms with Crippen molar-refractivity contribution in [2.75, 3.05) is 19.8 Å². The van der Waals surface area contributed by atoms with Crippen LogP contribution < -0.4 is 5.32 Å². The molecule has 0 aromatic carbocycles. The van der Waals surface area contributed by atoms with Gasteiger partial charge in [-0.25, -0.2) is 0 Å². The molecule has 2 saturated heterocycles. The summed E-state index contributed by atoms with van der Waals surface area (Å²) in [7, 11) is 0. The average molecular weight is 1040 g/mol. The summed E-state index contributed by atoms with van der Waals surface area (Å²) in [5, 5.41) is 86.8. The number of allylic oxidation sites excluding steroid dienone is 9. The van der Waals surface area contributed by atoms with Gasteiger partial charge >= 0.3 is 0 Å². The van der Waals surface area contributed by atoms with E-state index in [0.717, 1.165) is 64.2 Å². The third-order valence-corrected chi connectivity index (χ3v) is 14.0. The zero-order chi connectivity index (χ0) is 53.2. The SMILES string of the molecule is CC/C=C\C/C=C\C/C=C\C/C=C\CCCCCCCCCCCCCCCCCCC(=O)NC(COC1OC(CO)C(OC2OC(CO)C(O)C(O)C2O)C(O)C1O)C(O)/C=C/CCCCCCCCCC. The molecule has 2 rings (SSSR count). The molecule has 2 fully saturated rings. The minimum absolute atomic E-state index is 0.242. The van der Waals surface area contributed by atoms with Crippen molar-refractivity contribution >= 4 is 5.91 Å². The molecule has 14 heteroatoms. The summed E-state index contributed by atoms with van der Waals surface area (Å²) in [6, 6.07) is -0.914. The Bertz CT molecular complexity index is 1450. The summed E-state index contributed by atoms with van der Waals surface area (Å²) in [5.41, 5.74) is 0. The molecule has 0 radical (unpaired) electrons. The molecule has 1 amide bonds. The normalized spacial score (nSPS) is 25.8. The Morgan fingerprint density at radius 3 is 1.45 bits per heavy atom. The quantitative estimate of drug-likeness (QED) is 0.0205. The van der Waals surface area contributed by atoms with Crippen LogP contribution in [0, 0.1) is 0 Å². The topological polar surface area (TPSA) is 228 Å². The van der Waals surface area contributed by atoms with Crippen LogP contribution in [0.1, 0.15) is 213 Å². The second-order valence-corrected chi connectivity index (χ2v) is 20.4. The Balaban J connectivity index is 1.66. The molecular weight excluding hydrogens is 931 g/mol. The van der Waals surface area contributed by atoms with Crippen LogP contribution in [-0.4, -0.2) is 140 Å². The number of carbonyl (C=O) groups is 1. The highest BCUT2D eigenvalue weighted by atomic mass is 16.7. The lowest BCUT2D eigenvalue weighted by Crippen LogP contribution is -2.65. The van der Waals surface area contributed by atoms with Gasteiger partial charge in [-0.15, -0.1) is 0 Å². The van der Waals surface area contributed by atoms with Gasteiger partial charge in [0.25, 0.3) is 0 Å². The maximum Gasteiger partial charge on any atom is 0.220 e.